The van der Waals surface area contributed by atoms with E-state index in [-0.39, 0.29) is 11.4 Å². The van der Waals surface area contributed by atoms with Gasteiger partial charge in [0.25, 0.3) is 0 Å². The molecule has 22 heavy (non-hydrogen) atoms. The summed E-state index contributed by atoms with van der Waals surface area (Å²) in [5.74, 6) is 1.41. The fourth-order valence-corrected chi connectivity index (χ4v) is 2.54. The van der Waals surface area contributed by atoms with Gasteiger partial charge in [-0.1, -0.05) is 0 Å². The average molecular weight is 321 g/mol. The quantitative estimate of drug-likeness (QED) is 0.808. The van der Waals surface area contributed by atoms with E-state index in [2.05, 4.69) is 9.97 Å². The SMILES string of the molecule is COc1cc(-c2ccnc(Cl)n2)ccc1OC1CCOCC1. The molecule has 5 nitrogen and oxygen atoms in total. The Labute approximate surface area is 134 Å². The first-order valence-corrected chi connectivity index (χ1v) is 7.55. The van der Waals surface area contributed by atoms with Crippen LogP contribution in [0.1, 0.15) is 12.8 Å². The number of ether oxygens (including phenoxy) is 3. The molecule has 0 atom stereocenters. The highest BCUT2D eigenvalue weighted by Gasteiger charge is 2.17. The zero-order valence-electron chi connectivity index (χ0n) is 12.3. The van der Waals surface area contributed by atoms with E-state index in [0.29, 0.717) is 5.75 Å². The Morgan fingerprint density at radius 3 is 2.73 bits per heavy atom. The second kappa shape index (κ2) is 6.94. The molecule has 0 spiro atoms. The fraction of sp³-hybridized carbons (Fsp3) is 0.375. The second-order valence-corrected chi connectivity index (χ2v) is 5.34. The number of hydrogen-bond donors (Lipinski definition) is 0. The summed E-state index contributed by atoms with van der Waals surface area (Å²) >= 11 is 5.84. The number of methoxy groups -OCH3 is 1. The van der Waals surface area contributed by atoms with Crippen molar-refractivity contribution < 1.29 is 14.2 Å². The van der Waals surface area contributed by atoms with Gasteiger partial charge < -0.3 is 14.2 Å². The summed E-state index contributed by atoms with van der Waals surface area (Å²) in [6.07, 6.45) is 3.59. The van der Waals surface area contributed by atoms with Gasteiger partial charge in [0.2, 0.25) is 5.28 Å². The minimum atomic E-state index is 0.169. The van der Waals surface area contributed by atoms with Gasteiger partial charge in [-0.15, -0.1) is 0 Å². The summed E-state index contributed by atoms with van der Waals surface area (Å²) in [6, 6.07) is 7.54. The molecule has 2 heterocycles. The van der Waals surface area contributed by atoms with Crippen LogP contribution in [0.3, 0.4) is 0 Å². The number of rotatable bonds is 4. The summed E-state index contributed by atoms with van der Waals surface area (Å²) in [5.41, 5.74) is 1.65. The van der Waals surface area contributed by atoms with E-state index in [4.69, 9.17) is 25.8 Å². The number of hydrogen-bond acceptors (Lipinski definition) is 5. The van der Waals surface area contributed by atoms with Crippen LogP contribution in [0.4, 0.5) is 0 Å². The van der Waals surface area contributed by atoms with Crippen molar-refractivity contribution in [1.29, 1.82) is 0 Å². The topological polar surface area (TPSA) is 53.5 Å². The van der Waals surface area contributed by atoms with Gasteiger partial charge in [0.15, 0.2) is 11.5 Å². The lowest BCUT2D eigenvalue weighted by Crippen LogP contribution is -2.26. The highest BCUT2D eigenvalue weighted by molar-refractivity contribution is 6.28. The zero-order chi connectivity index (χ0) is 15.4. The molecular weight excluding hydrogens is 304 g/mol. The van der Waals surface area contributed by atoms with E-state index in [1.807, 2.05) is 18.2 Å². The van der Waals surface area contributed by atoms with Crippen LogP contribution in [0.25, 0.3) is 11.3 Å². The molecule has 1 aromatic heterocycles. The first-order chi connectivity index (χ1) is 10.8. The zero-order valence-corrected chi connectivity index (χ0v) is 13.0. The van der Waals surface area contributed by atoms with Gasteiger partial charge in [0.1, 0.15) is 6.10 Å². The largest absolute Gasteiger partial charge is 0.493 e. The van der Waals surface area contributed by atoms with Crippen molar-refractivity contribution in [1.82, 2.24) is 9.97 Å². The van der Waals surface area contributed by atoms with Crippen molar-refractivity contribution in [2.45, 2.75) is 18.9 Å². The Hall–Kier alpha value is -1.85. The molecule has 0 unspecified atom stereocenters. The Kier molecular flexibility index (Phi) is 4.75. The van der Waals surface area contributed by atoms with Crippen LogP contribution in [-0.4, -0.2) is 36.4 Å². The minimum absolute atomic E-state index is 0.169. The molecule has 1 fully saturated rings. The molecule has 0 amide bonds. The van der Waals surface area contributed by atoms with Crippen molar-refractivity contribution >= 4 is 11.6 Å². The van der Waals surface area contributed by atoms with E-state index in [9.17, 15) is 0 Å². The van der Waals surface area contributed by atoms with E-state index >= 15 is 0 Å². The predicted molar refractivity (Wildman–Crippen MR) is 83.5 cm³/mol. The van der Waals surface area contributed by atoms with Crippen molar-refractivity contribution in [2.75, 3.05) is 20.3 Å². The standard InChI is InChI=1S/C16H17ClN2O3/c1-20-15-10-11(13-4-7-18-16(17)19-13)2-3-14(15)22-12-5-8-21-9-6-12/h2-4,7,10,12H,5-6,8-9H2,1H3. The Bertz CT molecular complexity index is 645. The van der Waals surface area contributed by atoms with Crippen molar-refractivity contribution in [3.05, 3.63) is 35.7 Å². The molecule has 0 aliphatic carbocycles. The summed E-state index contributed by atoms with van der Waals surface area (Å²) in [7, 11) is 1.63. The highest BCUT2D eigenvalue weighted by atomic mass is 35.5. The molecule has 1 saturated heterocycles. The fourth-order valence-electron chi connectivity index (χ4n) is 2.39. The van der Waals surface area contributed by atoms with E-state index in [0.717, 1.165) is 43.1 Å². The van der Waals surface area contributed by atoms with Crippen LogP contribution in [0.2, 0.25) is 5.28 Å². The Morgan fingerprint density at radius 2 is 2.00 bits per heavy atom. The van der Waals surface area contributed by atoms with Crippen molar-refractivity contribution in [2.24, 2.45) is 0 Å². The van der Waals surface area contributed by atoms with Crippen LogP contribution < -0.4 is 9.47 Å². The summed E-state index contributed by atoms with van der Waals surface area (Å²) in [6.45, 7) is 1.48. The van der Waals surface area contributed by atoms with Crippen LogP contribution in [0.15, 0.2) is 30.5 Å². The summed E-state index contributed by atoms with van der Waals surface area (Å²) in [5, 5.41) is 0.221. The molecule has 0 bridgehead atoms. The Balaban J connectivity index is 1.83. The third-order valence-electron chi connectivity index (χ3n) is 3.55. The predicted octanol–water partition coefficient (Wildman–Crippen LogP) is 3.36. The summed E-state index contributed by atoms with van der Waals surface area (Å²) < 4.78 is 16.8. The molecule has 1 aliphatic rings. The molecule has 116 valence electrons. The number of halogens is 1. The first kappa shape index (κ1) is 15.1. The van der Waals surface area contributed by atoms with Crippen LogP contribution >= 0.6 is 11.6 Å². The molecule has 0 N–H and O–H groups in total. The lowest BCUT2D eigenvalue weighted by atomic mass is 10.1. The molecule has 2 aromatic rings. The van der Waals surface area contributed by atoms with Gasteiger partial charge in [-0.25, -0.2) is 9.97 Å². The maximum atomic E-state index is 6.03. The molecule has 3 rings (SSSR count). The average Bonchev–Trinajstić information content (AvgIpc) is 2.56. The molecule has 6 heteroatoms. The normalized spacial score (nSPS) is 15.5. The number of benzene rings is 1. The maximum Gasteiger partial charge on any atom is 0.222 e. The van der Waals surface area contributed by atoms with Gasteiger partial charge in [-0.2, -0.15) is 0 Å². The minimum Gasteiger partial charge on any atom is -0.493 e. The monoisotopic (exact) mass is 320 g/mol. The van der Waals surface area contributed by atoms with Crippen LogP contribution in [-0.2, 0) is 4.74 Å². The maximum absolute atomic E-state index is 6.03. The van der Waals surface area contributed by atoms with Gasteiger partial charge >= 0.3 is 0 Å². The van der Waals surface area contributed by atoms with Crippen molar-refractivity contribution in [3.63, 3.8) is 0 Å². The smallest absolute Gasteiger partial charge is 0.222 e. The third kappa shape index (κ3) is 3.48. The van der Waals surface area contributed by atoms with Crippen molar-refractivity contribution in [3.8, 4) is 22.8 Å². The third-order valence-corrected chi connectivity index (χ3v) is 3.73. The first-order valence-electron chi connectivity index (χ1n) is 7.17. The molecular formula is C16H17ClN2O3. The van der Waals surface area contributed by atoms with E-state index in [1.165, 1.54) is 0 Å². The highest BCUT2D eigenvalue weighted by Crippen LogP contribution is 2.33. The van der Waals surface area contributed by atoms with Gasteiger partial charge in [-0.3, -0.25) is 0 Å². The van der Waals surface area contributed by atoms with Gasteiger partial charge in [0.05, 0.1) is 26.0 Å². The lowest BCUT2D eigenvalue weighted by Gasteiger charge is -2.24. The summed E-state index contributed by atoms with van der Waals surface area (Å²) in [4.78, 5) is 8.09. The molecule has 1 aliphatic heterocycles. The molecule has 0 saturated carbocycles. The lowest BCUT2D eigenvalue weighted by molar-refractivity contribution is 0.0245. The number of aromatic nitrogens is 2. The van der Waals surface area contributed by atoms with Gasteiger partial charge in [-0.05, 0) is 35.9 Å². The Morgan fingerprint density at radius 1 is 1.18 bits per heavy atom. The van der Waals surface area contributed by atoms with E-state index < -0.39 is 0 Å². The van der Waals surface area contributed by atoms with Gasteiger partial charge in [0, 0.05) is 24.6 Å². The van der Waals surface area contributed by atoms with E-state index in [1.54, 1.807) is 19.4 Å². The molecule has 0 radical (unpaired) electrons. The molecule has 1 aromatic carbocycles. The number of nitrogens with zero attached hydrogens (tertiary/aromatic N) is 2. The van der Waals surface area contributed by atoms with Crippen LogP contribution in [0, 0.1) is 0 Å². The second-order valence-electron chi connectivity index (χ2n) is 5.01. The van der Waals surface area contributed by atoms with Crippen LogP contribution in [0.5, 0.6) is 11.5 Å².